The summed E-state index contributed by atoms with van der Waals surface area (Å²) in [6.45, 7) is 14.9. The highest BCUT2D eigenvalue weighted by molar-refractivity contribution is 7.89. The Hall–Kier alpha value is -8.76. The number of hydroxylamine groups is 1. The molecule has 1 fully saturated rings. The van der Waals surface area contributed by atoms with Crippen molar-refractivity contribution in [1.29, 1.82) is 0 Å². The number of fused-ring (bicyclic) bond motifs is 6. The van der Waals surface area contributed by atoms with Crippen molar-refractivity contribution in [2.75, 3.05) is 84.2 Å². The number of carbonyl (C=O) groups is 3. The molecule has 1 saturated heterocycles. The number of alkyl carbamates (subject to hydrolysis) is 1. The summed E-state index contributed by atoms with van der Waals surface area (Å²) in [6, 6.07) is 32.6. The summed E-state index contributed by atoms with van der Waals surface area (Å²) in [5, 5.41) is 4.36. The van der Waals surface area contributed by atoms with Crippen molar-refractivity contribution in [2.24, 2.45) is 5.90 Å². The topological polar surface area (TPSA) is 349 Å². The molecular weight excluding hydrogens is 1430 g/mol. The first-order chi connectivity index (χ1) is 49.8. The molecule has 0 spiro atoms. The summed E-state index contributed by atoms with van der Waals surface area (Å²) in [7, 11) is -17.5. The van der Waals surface area contributed by atoms with E-state index in [4.69, 9.17) is 24.9 Å². The van der Waals surface area contributed by atoms with Crippen LogP contribution in [0.5, 0.6) is 5.75 Å². The van der Waals surface area contributed by atoms with Gasteiger partial charge in [0.1, 0.15) is 23.8 Å². The normalized spacial score (nSPS) is 16.2. The quantitative estimate of drug-likeness (QED) is 0.00886. The Balaban J connectivity index is 0.761. The number of anilines is 1. The number of hydrogen-bond donors (Lipinski definition) is 5. The largest absolute Gasteiger partial charge is 0.497 e. The number of rotatable bonds is 31. The van der Waals surface area contributed by atoms with E-state index in [1.165, 1.54) is 36.4 Å². The molecule has 6 N–H and O–H groups in total. The maximum Gasteiger partial charge on any atom is 0.407 e. The fraction of sp³-hybridized carbons (Fsp3) is 0.360. The Bertz CT molecular complexity index is 5020. The Morgan fingerprint density at radius 3 is 1.97 bits per heavy atom. The van der Waals surface area contributed by atoms with Crippen LogP contribution in [0, 0.1) is 6.92 Å². The molecule has 1 atom stereocenters. The minimum Gasteiger partial charge on any atom is -0.497 e. The first kappa shape index (κ1) is 78.8. The molecule has 560 valence electrons. The van der Waals surface area contributed by atoms with Gasteiger partial charge in [-0.05, 0) is 158 Å². The summed E-state index contributed by atoms with van der Waals surface area (Å²) in [5.74, 6) is 4.84. The zero-order chi connectivity index (χ0) is 75.8. The summed E-state index contributed by atoms with van der Waals surface area (Å²) in [4.78, 5) is 54.5. The molecule has 0 radical (unpaired) electrons. The van der Waals surface area contributed by atoms with Crippen LogP contribution in [0.25, 0.3) is 32.7 Å². The van der Waals surface area contributed by atoms with Crippen molar-refractivity contribution in [2.45, 2.75) is 117 Å². The van der Waals surface area contributed by atoms with Gasteiger partial charge in [-0.15, -0.1) is 0 Å². The predicted octanol–water partition coefficient (Wildman–Crippen LogP) is 10.4. The molecule has 3 aliphatic heterocycles. The number of aryl methyl sites for hydroxylation is 1. The van der Waals surface area contributed by atoms with Crippen LogP contribution in [0.4, 0.5) is 16.2 Å². The van der Waals surface area contributed by atoms with Crippen molar-refractivity contribution in [3.05, 3.63) is 186 Å². The van der Waals surface area contributed by atoms with Gasteiger partial charge in [-0.1, -0.05) is 97.2 Å². The Morgan fingerprint density at radius 1 is 0.686 bits per heavy atom. The van der Waals surface area contributed by atoms with Crippen LogP contribution in [-0.2, 0) is 86.6 Å². The van der Waals surface area contributed by atoms with E-state index in [1.54, 1.807) is 61.7 Å². The van der Waals surface area contributed by atoms with E-state index in [0.29, 0.717) is 103 Å². The van der Waals surface area contributed by atoms with E-state index in [9.17, 15) is 61.7 Å². The van der Waals surface area contributed by atoms with Crippen LogP contribution in [-0.4, -0.2) is 175 Å². The van der Waals surface area contributed by atoms with Gasteiger partial charge in [0, 0.05) is 98.5 Å². The number of amides is 2. The molecule has 3 aliphatic rings. The molecule has 0 aliphatic carbocycles. The zero-order valence-electron chi connectivity index (χ0n) is 59.4. The lowest BCUT2D eigenvalue weighted by molar-refractivity contribution is -0.438. The lowest BCUT2D eigenvalue weighted by Crippen LogP contribution is -2.49. The third kappa shape index (κ3) is 17.9. The minimum atomic E-state index is -5.00. The van der Waals surface area contributed by atoms with Gasteiger partial charge >= 0.3 is 12.1 Å². The highest BCUT2D eigenvalue weighted by Gasteiger charge is 2.47. The average molecular weight is 1520 g/mol. The van der Waals surface area contributed by atoms with Gasteiger partial charge in [0.25, 0.3) is 40.4 Å². The number of hydrogen-bond acceptors (Lipinski definition) is 19. The Kier molecular flexibility index (Phi) is 24.7. The maximum atomic E-state index is 14.4. The molecule has 0 saturated carbocycles. The average Bonchev–Trinajstić information content (AvgIpc) is 1.59. The molecule has 105 heavy (non-hydrogen) atoms. The number of nitrogens with one attached hydrogen (secondary N) is 1. The molecule has 0 aromatic heterocycles. The SMILES string of the molecule is CCN1C(=CC=CC=CC2=[N+](CCCCCC(=O)N3CCN(CCOCCON([C@H](CCNC(=O)OCc4ccccc4)C(=O)ON)S(=O)(=O)c4ccc(-c5ccc(OC)cc5)cc4)CC3)c3ccc4c(S(=O)(=O)O)cc(S(=O)(=O)O)cc4c3C2(C)C)C(C)(C)c2c1ccc1c(C)cc(S(=O)(=O)O)cc21. The van der Waals surface area contributed by atoms with Crippen molar-refractivity contribution in [3.63, 3.8) is 0 Å². The number of nitrogens with zero attached hydrogens (tertiary/aromatic N) is 5. The second kappa shape index (κ2) is 32.9. The van der Waals surface area contributed by atoms with Gasteiger partial charge in [-0.2, -0.15) is 35.7 Å². The second-order valence-electron chi connectivity index (χ2n) is 26.7. The van der Waals surface area contributed by atoms with Crippen molar-refractivity contribution in [1.82, 2.24) is 19.6 Å². The molecule has 0 unspecified atom stereocenters. The van der Waals surface area contributed by atoms with Gasteiger partial charge in [0.05, 0.1) is 47.0 Å². The van der Waals surface area contributed by atoms with Gasteiger partial charge in [-0.25, -0.2) is 18.0 Å². The van der Waals surface area contributed by atoms with Crippen LogP contribution in [0.1, 0.15) is 89.0 Å². The number of ether oxygens (including phenoxy) is 3. The van der Waals surface area contributed by atoms with Crippen LogP contribution in [0.15, 0.2) is 183 Å². The maximum absolute atomic E-state index is 14.4. The van der Waals surface area contributed by atoms with Crippen molar-refractivity contribution >= 4 is 97.0 Å². The summed E-state index contributed by atoms with van der Waals surface area (Å²) >= 11 is 0. The number of piperazine rings is 1. The number of methoxy groups -OCH3 is 1. The third-order valence-corrected chi connectivity index (χ3v) is 23.6. The Morgan fingerprint density at radius 2 is 1.33 bits per heavy atom. The van der Waals surface area contributed by atoms with E-state index in [-0.39, 0.29) is 72.3 Å². The molecule has 2 amide bonds. The van der Waals surface area contributed by atoms with Gasteiger partial charge in [0.15, 0.2) is 11.8 Å². The summed E-state index contributed by atoms with van der Waals surface area (Å²) < 4.78 is 154. The lowest BCUT2D eigenvalue weighted by atomic mass is 9.79. The highest BCUT2D eigenvalue weighted by atomic mass is 32.2. The molecule has 26 nitrogen and oxygen atoms in total. The van der Waals surface area contributed by atoms with E-state index < -0.39 is 79.1 Å². The van der Waals surface area contributed by atoms with E-state index in [1.807, 2.05) is 93.3 Å². The van der Waals surface area contributed by atoms with Gasteiger partial charge in [-0.3, -0.25) is 28.2 Å². The minimum absolute atomic E-state index is 0.00617. The van der Waals surface area contributed by atoms with Gasteiger partial charge in [0.2, 0.25) is 11.6 Å². The first-order valence-corrected chi connectivity index (χ1v) is 40.0. The standard InChI is InChI=1S/C75H87N7O19S4/c1-8-80-63-33-31-59-51(2)46-57(103(88,89)90)47-61(59)70(63)74(3,4)67(80)20-14-10-15-21-68-75(5,6)71-62-48-58(104(91,92)93)49-66(105(94,95)96)60(62)32-34-64(71)81(68)37-17-11-16-22-69(83)79-40-38-78(39-41-79)42-43-98-44-45-100-82(65(72(84)101-76)35-36-77-73(85)99-50-52-18-12-9-13-19-52)102(86,87)56-29-25-54(26-30-56)53-23-27-55(97-7)28-24-53/h9-10,12-15,18-21,23-34,46-49,65H,8,11,16-17,22,35-45,50,76H2,1-7H3,(H3-,77,85,88,89,90,91,92,93,94,95,96)/p+1/t65-/m1/s1. The highest BCUT2D eigenvalue weighted by Crippen LogP contribution is 2.52. The number of likely N-dealkylation sites (N-methyl/N-ethyl adjacent to an activating group) is 1. The molecule has 7 aromatic carbocycles. The fourth-order valence-electron chi connectivity index (χ4n) is 14.0. The van der Waals surface area contributed by atoms with E-state index in [2.05, 4.69) is 38.4 Å². The predicted molar refractivity (Wildman–Crippen MR) is 396 cm³/mol. The number of allylic oxidation sites excluding steroid dienone is 6. The Labute approximate surface area is 612 Å². The molecule has 3 heterocycles. The first-order valence-electron chi connectivity index (χ1n) is 34.2. The van der Waals surface area contributed by atoms with Crippen LogP contribution in [0.2, 0.25) is 0 Å². The fourth-order valence-corrected chi connectivity index (χ4v) is 17.4. The van der Waals surface area contributed by atoms with Crippen molar-refractivity contribution < 1.29 is 90.2 Å². The monoisotopic (exact) mass is 1520 g/mol. The van der Waals surface area contributed by atoms with Crippen molar-refractivity contribution in [3.8, 4) is 16.9 Å². The number of sulfonamides is 1. The number of nitrogens with two attached hydrogens (primary N) is 1. The molecule has 10 rings (SSSR count). The zero-order valence-corrected chi connectivity index (χ0v) is 62.7. The van der Waals surface area contributed by atoms with E-state index in [0.717, 1.165) is 45.2 Å². The summed E-state index contributed by atoms with van der Waals surface area (Å²) in [6.07, 6.45) is 10.5. The van der Waals surface area contributed by atoms with Crippen LogP contribution >= 0.6 is 0 Å². The second-order valence-corrected chi connectivity index (χ2v) is 32.8. The number of carbonyl (C=O) groups excluding carboxylic acids is 3. The molecule has 30 heteroatoms. The molecule has 7 aromatic rings. The van der Waals surface area contributed by atoms with E-state index >= 15 is 0 Å². The van der Waals surface area contributed by atoms with Crippen LogP contribution < -0.4 is 20.9 Å². The summed E-state index contributed by atoms with van der Waals surface area (Å²) in [5.41, 5.74) is 6.13. The van der Waals surface area contributed by atoms with Crippen LogP contribution in [0.3, 0.4) is 0 Å². The number of unbranched alkanes of at least 4 members (excludes halogenated alkanes) is 2. The third-order valence-electron chi connectivity index (χ3n) is 19.3. The van der Waals surface area contributed by atoms with Gasteiger partial charge < -0.3 is 34.2 Å². The molecule has 0 bridgehead atoms. The number of benzene rings is 7. The lowest BCUT2D eigenvalue weighted by Gasteiger charge is -2.34. The molecular formula is C75H88N7O19S4+. The smallest absolute Gasteiger partial charge is 0.407 e.